The monoisotopic (exact) mass is 287 g/mol. The molecule has 82 valence electrons. The molecule has 1 unspecified atom stereocenters. The van der Waals surface area contributed by atoms with Crippen LogP contribution in [0, 0.1) is 0 Å². The fourth-order valence-electron chi connectivity index (χ4n) is 1.72. The first-order valence-corrected chi connectivity index (χ1v) is 6.92. The van der Waals surface area contributed by atoms with Gasteiger partial charge in [0.05, 0.1) is 12.1 Å². The third-order valence-corrected chi connectivity index (χ3v) is 4.62. The summed E-state index contributed by atoms with van der Waals surface area (Å²) >= 11 is 5.40. The van der Waals surface area contributed by atoms with Gasteiger partial charge in [0.2, 0.25) is 0 Å². The Bertz CT molecular complexity index is 339. The average molecular weight is 288 g/mol. The van der Waals surface area contributed by atoms with E-state index in [1.54, 1.807) is 0 Å². The van der Waals surface area contributed by atoms with E-state index in [9.17, 15) is 5.11 Å². The zero-order chi connectivity index (χ0) is 10.7. The lowest BCUT2D eigenvalue weighted by atomic mass is 10.00. The molecule has 2 N–H and O–H groups in total. The predicted molar refractivity (Wildman–Crippen MR) is 69.5 cm³/mol. The van der Waals surface area contributed by atoms with Crippen LogP contribution in [0.5, 0.6) is 0 Å². The number of nitrogens with one attached hydrogen (secondary N) is 1. The topological polar surface area (TPSA) is 32.3 Å². The Hall–Kier alpha value is -0.190. The molecule has 15 heavy (non-hydrogen) atoms. The molecule has 0 amide bonds. The average Bonchev–Trinajstić information content (AvgIpc) is 2.71. The maximum Gasteiger partial charge on any atom is 0.0702 e. The quantitative estimate of drug-likeness (QED) is 0.897. The van der Waals surface area contributed by atoms with Crippen LogP contribution in [-0.4, -0.2) is 28.8 Å². The highest BCUT2D eigenvalue weighted by Gasteiger charge is 2.33. The summed E-state index contributed by atoms with van der Waals surface area (Å²) in [5, 5.41) is 12.9. The van der Waals surface area contributed by atoms with Gasteiger partial charge in [-0.05, 0) is 40.2 Å². The molecule has 0 bridgehead atoms. The Morgan fingerprint density at radius 2 is 2.27 bits per heavy atom. The molecule has 0 saturated carbocycles. The van der Waals surface area contributed by atoms with Gasteiger partial charge in [-0.1, -0.05) is 12.1 Å². The van der Waals surface area contributed by atoms with Crippen molar-refractivity contribution >= 4 is 33.4 Å². The second-order valence-corrected chi connectivity index (χ2v) is 5.81. The van der Waals surface area contributed by atoms with Crippen molar-refractivity contribution in [2.24, 2.45) is 0 Å². The fraction of sp³-hybridized carbons (Fsp3) is 0.455. The lowest BCUT2D eigenvalue weighted by Gasteiger charge is -2.29. The van der Waals surface area contributed by atoms with Crippen molar-refractivity contribution < 1.29 is 5.11 Å². The first-order valence-electron chi connectivity index (χ1n) is 4.97. The lowest BCUT2D eigenvalue weighted by molar-refractivity contribution is 0.226. The van der Waals surface area contributed by atoms with Crippen LogP contribution in [0.1, 0.15) is 6.42 Å². The van der Waals surface area contributed by atoms with Gasteiger partial charge in [0.25, 0.3) is 0 Å². The van der Waals surface area contributed by atoms with Crippen molar-refractivity contribution in [1.29, 1.82) is 0 Å². The molecule has 1 atom stereocenters. The Balaban J connectivity index is 2.16. The van der Waals surface area contributed by atoms with Gasteiger partial charge in [-0.15, -0.1) is 0 Å². The molecule has 2 rings (SSSR count). The minimum atomic E-state index is -0.130. The molecule has 1 saturated heterocycles. The summed E-state index contributed by atoms with van der Waals surface area (Å²) in [6.45, 7) is 0.196. The molecular weight excluding hydrogens is 274 g/mol. The molecule has 1 aliphatic heterocycles. The van der Waals surface area contributed by atoms with Gasteiger partial charge in [0.1, 0.15) is 0 Å². The molecule has 1 aromatic rings. The van der Waals surface area contributed by atoms with Gasteiger partial charge in [0, 0.05) is 15.9 Å². The Morgan fingerprint density at radius 3 is 2.87 bits per heavy atom. The molecule has 2 nitrogen and oxygen atoms in total. The largest absolute Gasteiger partial charge is 0.394 e. The molecule has 0 aromatic heterocycles. The lowest BCUT2D eigenvalue weighted by Crippen LogP contribution is -2.42. The summed E-state index contributed by atoms with van der Waals surface area (Å²) in [4.78, 5) is 0. The zero-order valence-corrected chi connectivity index (χ0v) is 10.8. The third-order valence-electron chi connectivity index (χ3n) is 2.68. The van der Waals surface area contributed by atoms with Gasteiger partial charge in [0.15, 0.2) is 0 Å². The number of hydrogen-bond acceptors (Lipinski definition) is 3. The van der Waals surface area contributed by atoms with Crippen LogP contribution in [0.3, 0.4) is 0 Å². The summed E-state index contributed by atoms with van der Waals surface area (Å²) < 4.78 is 1.05. The highest BCUT2D eigenvalue weighted by Crippen LogP contribution is 2.33. The number of aliphatic hydroxyl groups excluding tert-OH is 1. The molecule has 1 heterocycles. The highest BCUT2D eigenvalue weighted by atomic mass is 79.9. The van der Waals surface area contributed by atoms with Gasteiger partial charge in [-0.3, -0.25) is 0 Å². The Labute approximate surface area is 103 Å². The minimum Gasteiger partial charge on any atom is -0.394 e. The molecule has 0 aliphatic carbocycles. The summed E-state index contributed by atoms with van der Waals surface area (Å²) in [5.74, 6) is 2.10. The van der Waals surface area contributed by atoms with Gasteiger partial charge in [-0.2, -0.15) is 11.8 Å². The normalized spacial score (nSPS) is 25.5. The van der Waals surface area contributed by atoms with Crippen molar-refractivity contribution in [2.45, 2.75) is 12.0 Å². The summed E-state index contributed by atoms with van der Waals surface area (Å²) in [6.07, 6.45) is 1.02. The van der Waals surface area contributed by atoms with E-state index in [0.29, 0.717) is 0 Å². The van der Waals surface area contributed by atoms with Crippen LogP contribution < -0.4 is 5.32 Å². The number of thioether (sulfide) groups is 1. The summed E-state index contributed by atoms with van der Waals surface area (Å²) in [7, 11) is 0. The fourth-order valence-corrected chi connectivity index (χ4v) is 3.48. The van der Waals surface area contributed by atoms with E-state index >= 15 is 0 Å². The summed E-state index contributed by atoms with van der Waals surface area (Å²) in [5.41, 5.74) is 0.934. The van der Waals surface area contributed by atoms with Crippen molar-refractivity contribution in [1.82, 2.24) is 0 Å². The molecular formula is C11H14BrNOS. The minimum absolute atomic E-state index is 0.130. The van der Waals surface area contributed by atoms with Crippen LogP contribution >= 0.6 is 27.7 Å². The standard InChI is InChI=1S/C11H14BrNOS/c12-9-3-1-2-4-10(9)13-11(7-14)5-6-15-8-11/h1-4,13-14H,5-8H2. The molecule has 4 heteroatoms. The van der Waals surface area contributed by atoms with E-state index < -0.39 is 0 Å². The predicted octanol–water partition coefficient (Wildman–Crippen LogP) is 2.73. The second-order valence-electron chi connectivity index (χ2n) is 3.85. The van der Waals surface area contributed by atoms with Crippen molar-refractivity contribution in [3.63, 3.8) is 0 Å². The maximum absolute atomic E-state index is 9.48. The van der Waals surface area contributed by atoms with E-state index in [4.69, 9.17) is 0 Å². The third kappa shape index (κ3) is 2.49. The number of rotatable bonds is 3. The number of anilines is 1. The number of aliphatic hydroxyl groups is 1. The smallest absolute Gasteiger partial charge is 0.0702 e. The first-order chi connectivity index (χ1) is 7.26. The number of hydrogen-bond donors (Lipinski definition) is 2. The SMILES string of the molecule is OCC1(Nc2ccccc2Br)CCSC1. The van der Waals surface area contributed by atoms with Gasteiger partial charge >= 0.3 is 0 Å². The highest BCUT2D eigenvalue weighted by molar-refractivity contribution is 9.10. The van der Waals surface area contributed by atoms with Crippen LogP contribution in [-0.2, 0) is 0 Å². The second kappa shape index (κ2) is 4.76. The Kier molecular flexibility index (Phi) is 3.59. The van der Waals surface area contributed by atoms with E-state index in [0.717, 1.165) is 28.1 Å². The Morgan fingerprint density at radius 1 is 1.47 bits per heavy atom. The van der Waals surface area contributed by atoms with Gasteiger partial charge in [-0.25, -0.2) is 0 Å². The first kappa shape index (κ1) is 11.3. The molecule has 0 radical (unpaired) electrons. The molecule has 1 aromatic carbocycles. The van der Waals surface area contributed by atoms with E-state index in [-0.39, 0.29) is 12.1 Å². The van der Waals surface area contributed by atoms with E-state index in [1.165, 1.54) is 0 Å². The van der Waals surface area contributed by atoms with Crippen LogP contribution in [0.2, 0.25) is 0 Å². The number of benzene rings is 1. The number of halogens is 1. The van der Waals surface area contributed by atoms with Crippen LogP contribution in [0.4, 0.5) is 5.69 Å². The van der Waals surface area contributed by atoms with Crippen molar-refractivity contribution in [3.8, 4) is 0 Å². The van der Waals surface area contributed by atoms with Crippen LogP contribution in [0.25, 0.3) is 0 Å². The molecule has 0 spiro atoms. The van der Waals surface area contributed by atoms with Crippen LogP contribution in [0.15, 0.2) is 28.7 Å². The van der Waals surface area contributed by atoms with Crippen molar-refractivity contribution in [3.05, 3.63) is 28.7 Å². The van der Waals surface area contributed by atoms with Crippen molar-refractivity contribution in [2.75, 3.05) is 23.4 Å². The van der Waals surface area contributed by atoms with Gasteiger partial charge < -0.3 is 10.4 Å². The van der Waals surface area contributed by atoms with E-state index in [1.807, 2.05) is 36.0 Å². The molecule has 1 aliphatic rings. The summed E-state index contributed by atoms with van der Waals surface area (Å²) in [6, 6.07) is 8.03. The maximum atomic E-state index is 9.48. The van der Waals surface area contributed by atoms with E-state index in [2.05, 4.69) is 21.2 Å². The number of para-hydroxylation sites is 1. The zero-order valence-electron chi connectivity index (χ0n) is 8.37. The molecule has 1 fully saturated rings.